The van der Waals surface area contributed by atoms with Gasteiger partial charge < -0.3 is 19.1 Å². The molecule has 2 aliphatic rings. The summed E-state index contributed by atoms with van der Waals surface area (Å²) in [6.45, 7) is 5.21. The zero-order chi connectivity index (χ0) is 23.8. The van der Waals surface area contributed by atoms with E-state index < -0.39 is 5.97 Å². The van der Waals surface area contributed by atoms with Crippen LogP contribution in [0.5, 0.6) is 11.5 Å². The number of carbonyl (C=O) groups excluding carboxylic acids is 2. The summed E-state index contributed by atoms with van der Waals surface area (Å²) in [4.78, 5) is 45.7. The molecule has 0 saturated carbocycles. The number of esters is 1. The highest BCUT2D eigenvalue weighted by molar-refractivity contribution is 7.20. The molecule has 0 N–H and O–H groups in total. The number of carbonyl (C=O) groups is 2. The van der Waals surface area contributed by atoms with Crippen LogP contribution in [0.1, 0.15) is 46.6 Å². The van der Waals surface area contributed by atoms with Gasteiger partial charge in [0.05, 0.1) is 24.4 Å². The van der Waals surface area contributed by atoms with Gasteiger partial charge in [-0.2, -0.15) is 0 Å². The summed E-state index contributed by atoms with van der Waals surface area (Å²) in [6.07, 6.45) is 3.09. The maximum absolute atomic E-state index is 13.3. The molecule has 0 spiro atoms. The first-order valence-electron chi connectivity index (χ1n) is 11.3. The van der Waals surface area contributed by atoms with Gasteiger partial charge in [0.1, 0.15) is 29.5 Å². The molecule has 1 unspecified atom stereocenters. The first-order chi connectivity index (χ1) is 16.5. The molecule has 10 heteroatoms. The number of aryl methyl sites for hydroxylation is 1. The Bertz CT molecular complexity index is 1330. The highest BCUT2D eigenvalue weighted by Gasteiger charge is 2.31. The van der Waals surface area contributed by atoms with Gasteiger partial charge in [-0.1, -0.05) is 6.07 Å². The molecule has 1 saturated heterocycles. The Hall–Kier alpha value is -3.40. The molecule has 1 fully saturated rings. The fraction of sp³-hybridized carbons (Fsp3) is 0.417. The van der Waals surface area contributed by atoms with Gasteiger partial charge in [-0.05, 0) is 49.9 Å². The smallest absolute Gasteiger partial charge is 0.348 e. The van der Waals surface area contributed by atoms with Crippen molar-refractivity contribution in [2.24, 2.45) is 0 Å². The minimum atomic E-state index is -0.468. The SMILES string of the molecule is CCOC(=O)c1sc2ncn(CC(=O)N3CCCC3c3ccc4c(c3)OCCO4)c(=O)c2c1C. The van der Waals surface area contributed by atoms with Crippen molar-refractivity contribution in [3.63, 3.8) is 0 Å². The third-order valence-corrected chi connectivity index (χ3v) is 7.39. The Kier molecular flexibility index (Phi) is 5.99. The minimum Gasteiger partial charge on any atom is -0.486 e. The summed E-state index contributed by atoms with van der Waals surface area (Å²) in [5.74, 6) is 0.785. The molecule has 1 aromatic carbocycles. The van der Waals surface area contributed by atoms with E-state index in [1.807, 2.05) is 23.1 Å². The maximum Gasteiger partial charge on any atom is 0.348 e. The summed E-state index contributed by atoms with van der Waals surface area (Å²) in [5.41, 5.74) is 1.19. The molecule has 2 aromatic heterocycles. The Balaban J connectivity index is 1.40. The molecular weight excluding hydrogens is 458 g/mol. The van der Waals surface area contributed by atoms with Gasteiger partial charge in [0.15, 0.2) is 11.5 Å². The maximum atomic E-state index is 13.3. The van der Waals surface area contributed by atoms with E-state index in [1.54, 1.807) is 13.8 Å². The molecular formula is C24H25N3O6S. The Morgan fingerprint density at radius 1 is 1.24 bits per heavy atom. The van der Waals surface area contributed by atoms with Crippen LogP contribution in [-0.4, -0.2) is 52.7 Å². The first kappa shape index (κ1) is 22.4. The van der Waals surface area contributed by atoms with E-state index in [-0.39, 0.29) is 30.7 Å². The lowest BCUT2D eigenvalue weighted by molar-refractivity contribution is -0.132. The van der Waals surface area contributed by atoms with Crippen molar-refractivity contribution in [1.29, 1.82) is 0 Å². The van der Waals surface area contributed by atoms with Gasteiger partial charge >= 0.3 is 5.97 Å². The Labute approximate surface area is 199 Å². The molecule has 2 aliphatic heterocycles. The van der Waals surface area contributed by atoms with E-state index in [0.29, 0.717) is 51.9 Å². The van der Waals surface area contributed by atoms with Crippen LogP contribution in [0.15, 0.2) is 29.3 Å². The van der Waals surface area contributed by atoms with Crippen molar-refractivity contribution in [3.05, 3.63) is 50.9 Å². The van der Waals surface area contributed by atoms with Crippen LogP contribution in [0.4, 0.5) is 0 Å². The number of ether oxygens (including phenoxy) is 3. The molecule has 178 valence electrons. The van der Waals surface area contributed by atoms with Crippen molar-refractivity contribution in [2.45, 2.75) is 39.3 Å². The topological polar surface area (TPSA) is 100.0 Å². The standard InChI is InChI=1S/C24H25N3O6S/c1-3-31-24(30)21-14(2)20-22(34-21)25-13-26(23(20)29)12-19(28)27-8-4-5-16(27)15-6-7-17-18(11-15)33-10-9-32-17/h6-7,11,13,16H,3-5,8-10,12H2,1-2H3. The monoisotopic (exact) mass is 483 g/mol. The van der Waals surface area contributed by atoms with Gasteiger partial charge in [-0.3, -0.25) is 14.2 Å². The fourth-order valence-corrected chi connectivity index (χ4v) is 5.61. The van der Waals surface area contributed by atoms with Crippen LogP contribution in [-0.2, 0) is 16.1 Å². The number of hydrogen-bond donors (Lipinski definition) is 0. The summed E-state index contributed by atoms with van der Waals surface area (Å²) >= 11 is 1.13. The molecule has 3 aromatic rings. The molecule has 34 heavy (non-hydrogen) atoms. The molecule has 0 bridgehead atoms. The van der Waals surface area contributed by atoms with E-state index in [1.165, 1.54) is 10.9 Å². The van der Waals surface area contributed by atoms with Gasteiger partial charge in [0.2, 0.25) is 5.91 Å². The van der Waals surface area contributed by atoms with Crippen LogP contribution < -0.4 is 15.0 Å². The second-order valence-electron chi connectivity index (χ2n) is 8.28. The number of nitrogens with zero attached hydrogens (tertiary/aromatic N) is 3. The molecule has 1 amide bonds. The van der Waals surface area contributed by atoms with Gasteiger partial charge in [0.25, 0.3) is 5.56 Å². The van der Waals surface area contributed by atoms with E-state index in [2.05, 4.69) is 4.98 Å². The zero-order valence-corrected chi connectivity index (χ0v) is 19.9. The van der Waals surface area contributed by atoms with Crippen LogP contribution in [0.3, 0.4) is 0 Å². The van der Waals surface area contributed by atoms with Crippen molar-refractivity contribution in [2.75, 3.05) is 26.4 Å². The first-order valence-corrected chi connectivity index (χ1v) is 12.1. The molecule has 5 rings (SSSR count). The average Bonchev–Trinajstić information content (AvgIpc) is 3.46. The number of aromatic nitrogens is 2. The largest absolute Gasteiger partial charge is 0.486 e. The zero-order valence-electron chi connectivity index (χ0n) is 19.0. The van der Waals surface area contributed by atoms with E-state index in [0.717, 1.165) is 29.7 Å². The van der Waals surface area contributed by atoms with Crippen molar-refractivity contribution >= 4 is 33.4 Å². The molecule has 0 radical (unpaired) electrons. The van der Waals surface area contributed by atoms with Crippen LogP contribution in [0.2, 0.25) is 0 Å². The lowest BCUT2D eigenvalue weighted by Crippen LogP contribution is -2.36. The summed E-state index contributed by atoms with van der Waals surface area (Å²) in [5, 5.41) is 0.355. The van der Waals surface area contributed by atoms with Gasteiger partial charge in [-0.25, -0.2) is 9.78 Å². The van der Waals surface area contributed by atoms with E-state index in [4.69, 9.17) is 14.2 Å². The number of fused-ring (bicyclic) bond motifs is 2. The van der Waals surface area contributed by atoms with Crippen LogP contribution >= 0.6 is 11.3 Å². The second kappa shape index (κ2) is 9.09. The highest BCUT2D eigenvalue weighted by Crippen LogP contribution is 2.38. The summed E-state index contributed by atoms with van der Waals surface area (Å²) < 4.78 is 17.7. The molecule has 4 heterocycles. The predicted molar refractivity (Wildman–Crippen MR) is 126 cm³/mol. The normalized spacial score (nSPS) is 17.2. The third kappa shape index (κ3) is 3.91. The summed E-state index contributed by atoms with van der Waals surface area (Å²) in [6, 6.07) is 5.70. The van der Waals surface area contributed by atoms with E-state index >= 15 is 0 Å². The van der Waals surface area contributed by atoms with Gasteiger partial charge in [0, 0.05) is 6.54 Å². The summed E-state index contributed by atoms with van der Waals surface area (Å²) in [7, 11) is 0. The lowest BCUT2D eigenvalue weighted by Gasteiger charge is -2.27. The number of likely N-dealkylation sites (tertiary alicyclic amines) is 1. The minimum absolute atomic E-state index is 0.0889. The fourth-order valence-electron chi connectivity index (χ4n) is 4.58. The van der Waals surface area contributed by atoms with Gasteiger partial charge in [-0.15, -0.1) is 11.3 Å². The number of thiophene rings is 1. The number of rotatable bonds is 5. The number of benzene rings is 1. The second-order valence-corrected chi connectivity index (χ2v) is 9.28. The van der Waals surface area contributed by atoms with Crippen molar-refractivity contribution in [3.8, 4) is 11.5 Å². The van der Waals surface area contributed by atoms with Crippen LogP contribution in [0.25, 0.3) is 10.2 Å². The van der Waals surface area contributed by atoms with Crippen LogP contribution in [0, 0.1) is 6.92 Å². The number of hydrogen-bond acceptors (Lipinski definition) is 8. The predicted octanol–water partition coefficient (Wildman–Crippen LogP) is 3.08. The van der Waals surface area contributed by atoms with Crippen molar-refractivity contribution in [1.82, 2.24) is 14.5 Å². The molecule has 9 nitrogen and oxygen atoms in total. The molecule has 0 aliphatic carbocycles. The van der Waals surface area contributed by atoms with Crippen molar-refractivity contribution < 1.29 is 23.8 Å². The Morgan fingerprint density at radius 2 is 2.03 bits per heavy atom. The lowest BCUT2D eigenvalue weighted by atomic mass is 10.0. The quantitative estimate of drug-likeness (QED) is 0.514. The Morgan fingerprint density at radius 3 is 2.82 bits per heavy atom. The third-order valence-electron chi connectivity index (χ3n) is 6.21. The molecule has 1 atom stereocenters. The highest BCUT2D eigenvalue weighted by atomic mass is 32.1. The number of amides is 1. The van der Waals surface area contributed by atoms with E-state index in [9.17, 15) is 14.4 Å². The average molecular weight is 484 g/mol.